The summed E-state index contributed by atoms with van der Waals surface area (Å²) in [5, 5.41) is 0. The molecule has 0 unspecified atom stereocenters. The van der Waals surface area contributed by atoms with Gasteiger partial charge in [-0.25, -0.2) is 13.3 Å². The van der Waals surface area contributed by atoms with Crippen molar-refractivity contribution in [2.45, 2.75) is 46.0 Å². The van der Waals surface area contributed by atoms with E-state index < -0.39 is 5.92 Å². The number of halogens is 2. The minimum atomic E-state index is -2.57. The van der Waals surface area contributed by atoms with Crippen LogP contribution in [0.1, 0.15) is 34.2 Å². The van der Waals surface area contributed by atoms with Crippen molar-refractivity contribution in [2.75, 3.05) is 0 Å². The number of rotatable bonds is 2. The summed E-state index contributed by atoms with van der Waals surface area (Å²) in [4.78, 5) is 0. The summed E-state index contributed by atoms with van der Waals surface area (Å²) in [6.45, 7) is 6.43. The van der Waals surface area contributed by atoms with Crippen LogP contribution in [0.25, 0.3) is 22.4 Å². The normalized spacial score (nSPS) is 15.4. The number of benzene rings is 2. The van der Waals surface area contributed by atoms with E-state index in [-0.39, 0.29) is 12.8 Å². The molecule has 144 valence electrons. The van der Waals surface area contributed by atoms with Gasteiger partial charge in [-0.05, 0) is 66.6 Å². The molecule has 28 heavy (non-hydrogen) atoms. The van der Waals surface area contributed by atoms with Crippen molar-refractivity contribution in [1.82, 2.24) is 0 Å². The Labute approximate surface area is 165 Å². The summed E-state index contributed by atoms with van der Waals surface area (Å²) >= 11 is 0. The molecule has 1 nitrogen and oxygen atoms in total. The fourth-order valence-corrected chi connectivity index (χ4v) is 4.22. The van der Waals surface area contributed by atoms with Crippen LogP contribution in [0.4, 0.5) is 8.78 Å². The molecule has 2 aromatic carbocycles. The van der Waals surface area contributed by atoms with E-state index in [1.54, 1.807) is 0 Å². The summed E-state index contributed by atoms with van der Waals surface area (Å²) < 4.78 is 29.5. The first-order valence-electron chi connectivity index (χ1n) is 9.81. The predicted molar refractivity (Wildman–Crippen MR) is 110 cm³/mol. The smallest absolute Gasteiger partial charge is 0.207 e. The highest BCUT2D eigenvalue weighted by Crippen LogP contribution is 2.35. The second kappa shape index (κ2) is 6.80. The zero-order chi connectivity index (χ0) is 20.1. The van der Waals surface area contributed by atoms with Gasteiger partial charge in [0, 0.05) is 30.5 Å². The van der Waals surface area contributed by atoms with Gasteiger partial charge in [-0.15, -0.1) is 0 Å². The van der Waals surface area contributed by atoms with Crippen LogP contribution in [0.5, 0.6) is 0 Å². The van der Waals surface area contributed by atoms with Gasteiger partial charge in [0.05, 0.1) is 0 Å². The first-order chi connectivity index (χ1) is 13.2. The van der Waals surface area contributed by atoms with E-state index >= 15 is 0 Å². The SMILES string of the molecule is Cc1cc(C)c(C)c(-c2cc(-c3ccc4c(c3)CCC(F)(F)C4)cc[n+]2C)c1. The Morgan fingerprint density at radius 3 is 2.43 bits per heavy atom. The van der Waals surface area contributed by atoms with Gasteiger partial charge in [-0.2, -0.15) is 0 Å². The van der Waals surface area contributed by atoms with E-state index in [4.69, 9.17) is 0 Å². The Balaban J connectivity index is 1.79. The fraction of sp³-hybridized carbons (Fsp3) is 0.320. The first kappa shape index (κ1) is 18.8. The molecule has 1 aromatic heterocycles. The van der Waals surface area contributed by atoms with Crippen molar-refractivity contribution < 1.29 is 13.3 Å². The van der Waals surface area contributed by atoms with Crippen molar-refractivity contribution in [1.29, 1.82) is 0 Å². The average Bonchev–Trinajstić information content (AvgIpc) is 2.64. The van der Waals surface area contributed by atoms with Crippen LogP contribution < -0.4 is 4.57 Å². The minimum absolute atomic E-state index is 0.0553. The molecule has 3 heteroatoms. The van der Waals surface area contributed by atoms with Gasteiger partial charge in [-0.3, -0.25) is 0 Å². The number of nitrogens with zero attached hydrogens (tertiary/aromatic N) is 1. The molecule has 0 fully saturated rings. The quantitative estimate of drug-likeness (QED) is 0.489. The van der Waals surface area contributed by atoms with E-state index in [1.807, 2.05) is 12.1 Å². The van der Waals surface area contributed by atoms with Crippen LogP contribution in [-0.4, -0.2) is 5.92 Å². The zero-order valence-corrected chi connectivity index (χ0v) is 16.9. The Morgan fingerprint density at radius 1 is 0.893 bits per heavy atom. The zero-order valence-electron chi connectivity index (χ0n) is 16.9. The van der Waals surface area contributed by atoms with E-state index in [1.165, 1.54) is 22.3 Å². The maximum Gasteiger partial charge on any atom is 0.252 e. The molecule has 0 saturated carbocycles. The summed E-state index contributed by atoms with van der Waals surface area (Å²) in [6.07, 6.45) is 2.33. The highest BCUT2D eigenvalue weighted by atomic mass is 19.3. The second-order valence-electron chi connectivity index (χ2n) is 8.18. The molecule has 0 N–H and O–H groups in total. The monoisotopic (exact) mass is 378 g/mol. The standard InChI is InChI=1S/C25H26F2N/c1-16-11-17(2)18(3)23(12-16)24-14-21(8-10-28(24)4)19-5-6-22-15-25(26,27)9-7-20(22)13-19/h5-6,8,10-14H,7,9,15H2,1-4H3/q+1. The number of aryl methyl sites for hydroxylation is 4. The second-order valence-corrected chi connectivity index (χ2v) is 8.18. The van der Waals surface area contributed by atoms with Crippen LogP contribution in [0.3, 0.4) is 0 Å². The lowest BCUT2D eigenvalue weighted by Gasteiger charge is -2.24. The molecule has 0 aliphatic heterocycles. The van der Waals surface area contributed by atoms with Crippen LogP contribution in [0.2, 0.25) is 0 Å². The van der Waals surface area contributed by atoms with Crippen LogP contribution in [0.15, 0.2) is 48.7 Å². The first-order valence-corrected chi connectivity index (χ1v) is 9.81. The van der Waals surface area contributed by atoms with Crippen molar-refractivity contribution in [2.24, 2.45) is 7.05 Å². The number of aromatic nitrogens is 1. The fourth-order valence-electron chi connectivity index (χ4n) is 4.22. The number of pyridine rings is 1. The molecule has 1 aliphatic rings. The largest absolute Gasteiger partial charge is 0.252 e. The Morgan fingerprint density at radius 2 is 1.64 bits per heavy atom. The summed E-state index contributed by atoms with van der Waals surface area (Å²) in [5.41, 5.74) is 10.3. The molecular formula is C25H26F2N+. The Kier molecular flexibility index (Phi) is 4.57. The van der Waals surface area contributed by atoms with Crippen LogP contribution in [-0.2, 0) is 19.9 Å². The molecule has 0 saturated heterocycles. The lowest BCUT2D eigenvalue weighted by Crippen LogP contribution is -2.30. The van der Waals surface area contributed by atoms with Gasteiger partial charge in [0.15, 0.2) is 6.20 Å². The molecule has 0 radical (unpaired) electrons. The molecule has 3 aromatic rings. The van der Waals surface area contributed by atoms with E-state index in [0.29, 0.717) is 6.42 Å². The topological polar surface area (TPSA) is 3.88 Å². The molecule has 0 atom stereocenters. The number of alkyl halides is 2. The highest BCUT2D eigenvalue weighted by Gasteiger charge is 2.33. The van der Waals surface area contributed by atoms with Crippen molar-refractivity contribution in [3.05, 3.63) is 76.5 Å². The lowest BCUT2D eigenvalue weighted by molar-refractivity contribution is -0.660. The summed E-state index contributed by atoms with van der Waals surface area (Å²) in [5.74, 6) is -2.57. The Hall–Kier alpha value is -2.55. The summed E-state index contributed by atoms with van der Waals surface area (Å²) in [6, 6.07) is 14.7. The maximum absolute atomic E-state index is 13.7. The van der Waals surface area contributed by atoms with Gasteiger partial charge < -0.3 is 0 Å². The number of hydrogen-bond donors (Lipinski definition) is 0. The van der Waals surface area contributed by atoms with Gasteiger partial charge in [0.25, 0.3) is 5.92 Å². The molecule has 1 heterocycles. The average molecular weight is 378 g/mol. The third-order valence-electron chi connectivity index (χ3n) is 5.99. The van der Waals surface area contributed by atoms with Gasteiger partial charge in [0.2, 0.25) is 5.69 Å². The predicted octanol–water partition coefficient (Wildman–Crippen LogP) is 5.89. The van der Waals surface area contributed by atoms with E-state index in [9.17, 15) is 8.78 Å². The highest BCUT2D eigenvalue weighted by molar-refractivity contribution is 5.72. The third-order valence-corrected chi connectivity index (χ3v) is 5.99. The van der Waals surface area contributed by atoms with E-state index in [2.05, 4.69) is 68.9 Å². The summed E-state index contributed by atoms with van der Waals surface area (Å²) in [7, 11) is 2.06. The molecular weight excluding hydrogens is 352 g/mol. The molecule has 0 spiro atoms. The van der Waals surface area contributed by atoms with Gasteiger partial charge in [-0.1, -0.05) is 29.8 Å². The molecule has 0 bridgehead atoms. The van der Waals surface area contributed by atoms with Crippen LogP contribution >= 0.6 is 0 Å². The molecule has 0 amide bonds. The molecule has 1 aliphatic carbocycles. The van der Waals surface area contributed by atoms with E-state index in [0.717, 1.165) is 27.9 Å². The van der Waals surface area contributed by atoms with Crippen molar-refractivity contribution in [3.63, 3.8) is 0 Å². The third kappa shape index (κ3) is 3.46. The van der Waals surface area contributed by atoms with Crippen molar-refractivity contribution >= 4 is 0 Å². The molecule has 4 rings (SSSR count). The maximum atomic E-state index is 13.7. The van der Waals surface area contributed by atoms with Gasteiger partial charge in [0.1, 0.15) is 7.05 Å². The Bertz CT molecular complexity index is 1070. The minimum Gasteiger partial charge on any atom is -0.207 e. The van der Waals surface area contributed by atoms with Crippen molar-refractivity contribution in [3.8, 4) is 22.4 Å². The number of hydrogen-bond acceptors (Lipinski definition) is 0. The van der Waals surface area contributed by atoms with Crippen LogP contribution in [0, 0.1) is 20.8 Å². The number of fused-ring (bicyclic) bond motifs is 1. The van der Waals surface area contributed by atoms with Gasteiger partial charge >= 0.3 is 0 Å². The lowest BCUT2D eigenvalue weighted by atomic mass is 9.87.